The van der Waals surface area contributed by atoms with Crippen LogP contribution in [0.1, 0.15) is 38.1 Å². The van der Waals surface area contributed by atoms with Gasteiger partial charge in [0.25, 0.3) is 5.91 Å². The summed E-state index contributed by atoms with van der Waals surface area (Å²) in [7, 11) is -3.42. The number of fused-ring (bicyclic) bond motifs is 1. The molecule has 3 aromatic rings. The molecule has 5 rings (SSSR count). The number of ether oxygens (including phenoxy) is 1. The molecule has 3 heterocycles. The topological polar surface area (TPSA) is 103 Å². The molecular weight excluding hydrogens is 455 g/mol. The molecule has 1 saturated carbocycles. The lowest BCUT2D eigenvalue weighted by Gasteiger charge is -2.26. The second kappa shape index (κ2) is 8.53. The average molecular weight is 479 g/mol. The molecule has 0 unspecified atom stereocenters. The van der Waals surface area contributed by atoms with E-state index in [9.17, 15) is 17.6 Å². The van der Waals surface area contributed by atoms with E-state index in [1.54, 1.807) is 22.9 Å². The maximum Gasteiger partial charge on any atom is 0.251 e. The number of nitrogens with one attached hydrogen (secondary N) is 1. The predicted molar refractivity (Wildman–Crippen MR) is 118 cm³/mol. The maximum absolute atomic E-state index is 13.4. The largest absolute Gasteiger partial charge is 0.381 e. The van der Waals surface area contributed by atoms with Crippen molar-refractivity contribution >= 4 is 43.1 Å². The van der Waals surface area contributed by atoms with Crippen LogP contribution in [0.4, 0.5) is 9.52 Å². The van der Waals surface area contributed by atoms with Gasteiger partial charge >= 0.3 is 0 Å². The van der Waals surface area contributed by atoms with E-state index in [0.29, 0.717) is 43.4 Å². The Hall–Kier alpha value is -2.37. The first-order valence-corrected chi connectivity index (χ1v) is 13.0. The minimum absolute atomic E-state index is 0.179. The molecule has 0 bridgehead atoms. The predicted octanol–water partition coefficient (Wildman–Crippen LogP) is 3.56. The molecule has 0 radical (unpaired) electrons. The first-order chi connectivity index (χ1) is 15.4. The molecule has 1 atom stereocenters. The van der Waals surface area contributed by atoms with Gasteiger partial charge < -0.3 is 10.1 Å². The molecule has 1 N–H and O–H groups in total. The first kappa shape index (κ1) is 21.5. The number of sulfone groups is 1. The summed E-state index contributed by atoms with van der Waals surface area (Å²) in [4.78, 5) is 17.4. The summed E-state index contributed by atoms with van der Waals surface area (Å²) in [5.74, 6) is -0.101. The Morgan fingerprint density at radius 1 is 1.25 bits per heavy atom. The van der Waals surface area contributed by atoms with Gasteiger partial charge in [0, 0.05) is 18.6 Å². The zero-order valence-corrected chi connectivity index (χ0v) is 18.9. The monoisotopic (exact) mass is 478 g/mol. The molecule has 1 aliphatic carbocycles. The fraction of sp³-hybridized carbons (Fsp3) is 0.476. The van der Waals surface area contributed by atoms with Crippen molar-refractivity contribution in [2.75, 3.05) is 18.5 Å². The van der Waals surface area contributed by atoms with Gasteiger partial charge in [-0.1, -0.05) is 17.4 Å². The average Bonchev–Trinajstić information content (AvgIpc) is 3.46. The Balaban J connectivity index is 1.52. The van der Waals surface area contributed by atoms with Gasteiger partial charge in [-0.15, -0.1) is 0 Å². The molecular formula is C21H23FN4O4S2. The van der Waals surface area contributed by atoms with Crippen LogP contribution in [0.5, 0.6) is 0 Å². The number of halogens is 1. The van der Waals surface area contributed by atoms with Crippen LogP contribution in [-0.4, -0.2) is 47.6 Å². The molecule has 1 amide bonds. The van der Waals surface area contributed by atoms with Crippen molar-refractivity contribution in [3.8, 4) is 0 Å². The summed E-state index contributed by atoms with van der Waals surface area (Å²) in [6, 6.07) is 4.38. The summed E-state index contributed by atoms with van der Waals surface area (Å²) in [5, 5.41) is 7.02. The van der Waals surface area contributed by atoms with Gasteiger partial charge in [0.2, 0.25) is 0 Å². The molecule has 2 aliphatic rings. The highest BCUT2D eigenvalue weighted by atomic mass is 32.2. The van der Waals surface area contributed by atoms with Crippen molar-refractivity contribution in [1.29, 1.82) is 0 Å². The van der Waals surface area contributed by atoms with E-state index >= 15 is 0 Å². The number of amides is 1. The van der Waals surface area contributed by atoms with E-state index in [-0.39, 0.29) is 27.1 Å². The number of thiazole rings is 1. The van der Waals surface area contributed by atoms with Crippen molar-refractivity contribution in [3.05, 3.63) is 35.7 Å². The van der Waals surface area contributed by atoms with Crippen molar-refractivity contribution < 1.29 is 22.3 Å². The number of aromatic nitrogens is 3. The third-order valence-electron chi connectivity index (χ3n) is 6.07. The van der Waals surface area contributed by atoms with Gasteiger partial charge in [0.1, 0.15) is 6.04 Å². The Bertz CT molecular complexity index is 1250. The van der Waals surface area contributed by atoms with E-state index in [2.05, 4.69) is 15.4 Å². The number of carbonyl (C=O) groups is 1. The Labute approximate surface area is 188 Å². The number of hydrogen-bond donors (Lipinski definition) is 1. The molecule has 2 aromatic heterocycles. The van der Waals surface area contributed by atoms with Crippen LogP contribution in [-0.2, 0) is 19.4 Å². The van der Waals surface area contributed by atoms with Crippen LogP contribution in [0.2, 0.25) is 0 Å². The molecule has 11 heteroatoms. The summed E-state index contributed by atoms with van der Waals surface area (Å²) in [6.07, 6.45) is 6.10. The molecule has 170 valence electrons. The number of hydrogen-bond acceptors (Lipinski definition) is 7. The lowest BCUT2D eigenvalue weighted by molar-refractivity contribution is -0.120. The first-order valence-electron chi connectivity index (χ1n) is 10.6. The van der Waals surface area contributed by atoms with Crippen molar-refractivity contribution in [1.82, 2.24) is 14.8 Å². The van der Waals surface area contributed by atoms with Crippen molar-refractivity contribution in [2.24, 2.45) is 5.92 Å². The number of nitrogens with zero attached hydrogens (tertiary/aromatic N) is 3. The van der Waals surface area contributed by atoms with E-state index in [1.807, 2.05) is 0 Å². The van der Waals surface area contributed by atoms with Crippen LogP contribution >= 0.6 is 11.3 Å². The highest BCUT2D eigenvalue weighted by Crippen LogP contribution is 2.37. The van der Waals surface area contributed by atoms with Crippen LogP contribution < -0.4 is 5.32 Å². The number of anilines is 1. The normalized spacial score (nSPS) is 18.7. The zero-order chi connectivity index (χ0) is 22.3. The van der Waals surface area contributed by atoms with E-state index in [4.69, 9.17) is 4.74 Å². The third-order valence-corrected chi connectivity index (χ3v) is 9.09. The molecule has 1 aromatic carbocycles. The highest BCUT2D eigenvalue weighted by Gasteiger charge is 2.38. The lowest BCUT2D eigenvalue weighted by Crippen LogP contribution is -2.30. The SMILES string of the molecule is O=C(Nc1ncc(F)s1)[C@H](CC1CCOCC1)n1ncc2c(S(=O)(=O)C3CC3)cccc21. The number of benzene rings is 1. The van der Waals surface area contributed by atoms with E-state index < -0.39 is 21.0 Å². The van der Waals surface area contributed by atoms with Crippen molar-refractivity contribution in [2.45, 2.75) is 48.3 Å². The summed E-state index contributed by atoms with van der Waals surface area (Å²) < 4.78 is 46.2. The second-order valence-corrected chi connectivity index (χ2v) is 11.5. The fourth-order valence-corrected chi connectivity index (χ4v) is 6.61. The molecule has 32 heavy (non-hydrogen) atoms. The van der Waals surface area contributed by atoms with Gasteiger partial charge in [-0.05, 0) is 50.2 Å². The molecule has 1 saturated heterocycles. The van der Waals surface area contributed by atoms with E-state index in [0.717, 1.165) is 30.4 Å². The van der Waals surface area contributed by atoms with Gasteiger partial charge in [0.15, 0.2) is 20.1 Å². The molecule has 0 spiro atoms. The molecule has 8 nitrogen and oxygen atoms in total. The minimum Gasteiger partial charge on any atom is -0.381 e. The Morgan fingerprint density at radius 2 is 2.03 bits per heavy atom. The fourth-order valence-electron chi connectivity index (χ4n) is 4.22. The summed E-state index contributed by atoms with van der Waals surface area (Å²) in [6.45, 7) is 1.28. The van der Waals surface area contributed by atoms with Crippen LogP contribution in [0.15, 0.2) is 35.5 Å². The van der Waals surface area contributed by atoms with Gasteiger partial charge in [-0.25, -0.2) is 13.4 Å². The van der Waals surface area contributed by atoms with Crippen LogP contribution in [0.3, 0.4) is 0 Å². The zero-order valence-electron chi connectivity index (χ0n) is 17.2. The van der Waals surface area contributed by atoms with Crippen LogP contribution in [0.25, 0.3) is 10.9 Å². The van der Waals surface area contributed by atoms with Crippen molar-refractivity contribution in [3.63, 3.8) is 0 Å². The summed E-state index contributed by atoms with van der Waals surface area (Å²) in [5.41, 5.74) is 0.587. The smallest absolute Gasteiger partial charge is 0.251 e. The highest BCUT2D eigenvalue weighted by molar-refractivity contribution is 7.92. The maximum atomic E-state index is 13.4. The quantitative estimate of drug-likeness (QED) is 0.557. The minimum atomic E-state index is -3.42. The Kier molecular flexibility index (Phi) is 5.72. The lowest BCUT2D eigenvalue weighted by atomic mass is 9.92. The second-order valence-electron chi connectivity index (χ2n) is 8.29. The third kappa shape index (κ3) is 4.16. The number of rotatable bonds is 7. The Morgan fingerprint density at radius 3 is 2.72 bits per heavy atom. The van der Waals surface area contributed by atoms with Gasteiger partial charge in [-0.3, -0.25) is 9.48 Å². The molecule has 1 aliphatic heterocycles. The van der Waals surface area contributed by atoms with Gasteiger partial charge in [0.05, 0.1) is 28.1 Å². The summed E-state index contributed by atoms with van der Waals surface area (Å²) >= 11 is 0.758. The van der Waals surface area contributed by atoms with E-state index in [1.165, 1.54) is 6.20 Å². The molecule has 2 fully saturated rings. The van der Waals surface area contributed by atoms with Crippen LogP contribution in [0, 0.1) is 11.0 Å². The van der Waals surface area contributed by atoms with Gasteiger partial charge in [-0.2, -0.15) is 9.49 Å². The standard InChI is InChI=1S/C21H23FN4O4S2/c22-19-12-23-21(31-19)25-20(27)17(10-13-6-8-30-9-7-13)26-16-2-1-3-18(15(16)11-24-26)32(28,29)14-4-5-14/h1-3,11-14,17H,4-10H2,(H,23,25,27)/t17-/m0/s1. The number of carbonyl (C=O) groups excluding carboxylic acids is 1.